The minimum atomic E-state index is -1.08. The monoisotopic (exact) mass is 346 g/mol. The molecule has 1 unspecified atom stereocenters. The molecule has 0 aliphatic heterocycles. The fourth-order valence-corrected chi connectivity index (χ4v) is 2.26. The number of hydrogen-bond donors (Lipinski definition) is 2. The number of ether oxygens (including phenoxy) is 1. The van der Waals surface area contributed by atoms with E-state index < -0.39 is 12.0 Å². The highest BCUT2D eigenvalue weighted by Crippen LogP contribution is 2.21. The minimum Gasteiger partial charge on any atom is -0.480 e. The first-order valence-corrected chi connectivity index (χ1v) is 8.02. The maximum absolute atomic E-state index is 11.9. The van der Waals surface area contributed by atoms with E-state index in [0.29, 0.717) is 18.1 Å². The molecular weight excluding hydrogens is 324 g/mol. The molecule has 2 rings (SSSR count). The first-order valence-electron chi connectivity index (χ1n) is 8.02. The van der Waals surface area contributed by atoms with Crippen LogP contribution in [0.2, 0.25) is 0 Å². The summed E-state index contributed by atoms with van der Waals surface area (Å²) in [6.45, 7) is 2.27. The van der Waals surface area contributed by atoms with E-state index in [1.807, 2.05) is 31.2 Å². The number of hydrogen-bond acceptors (Lipinski definition) is 5. The van der Waals surface area contributed by atoms with E-state index in [1.54, 1.807) is 6.20 Å². The van der Waals surface area contributed by atoms with Crippen molar-refractivity contribution in [2.75, 3.05) is 13.7 Å². The number of carboxylic acid groups (broad SMARTS) is 1. The number of methoxy groups -OCH3 is 1. The van der Waals surface area contributed by atoms with Crippen LogP contribution in [-0.4, -0.2) is 41.7 Å². The third-order valence-corrected chi connectivity index (χ3v) is 3.70. The number of nitrogens with one attached hydrogen (secondary N) is 1. The molecule has 0 saturated carbocycles. The van der Waals surface area contributed by atoms with Crippen LogP contribution >= 0.6 is 0 Å². The van der Waals surface area contributed by atoms with Gasteiger partial charge < -0.3 is 19.6 Å². The van der Waals surface area contributed by atoms with Gasteiger partial charge >= 0.3 is 5.97 Å². The topological polar surface area (TPSA) is 102 Å². The molecule has 7 heteroatoms. The third-order valence-electron chi connectivity index (χ3n) is 3.70. The molecule has 0 aliphatic carbocycles. The number of aryl methyl sites for hydroxylation is 2. The van der Waals surface area contributed by atoms with Gasteiger partial charge in [-0.3, -0.25) is 4.79 Å². The molecule has 134 valence electrons. The van der Waals surface area contributed by atoms with Gasteiger partial charge in [-0.2, -0.15) is 0 Å². The molecule has 0 radical (unpaired) electrons. The number of benzene rings is 1. The Bertz CT molecular complexity index is 709. The molecule has 1 aromatic heterocycles. The fourth-order valence-electron chi connectivity index (χ4n) is 2.26. The number of oxazole rings is 1. The zero-order chi connectivity index (χ0) is 18.2. The molecule has 0 aliphatic rings. The zero-order valence-electron chi connectivity index (χ0n) is 14.3. The summed E-state index contributed by atoms with van der Waals surface area (Å²) in [5, 5.41) is 11.6. The van der Waals surface area contributed by atoms with Gasteiger partial charge in [-0.25, -0.2) is 9.78 Å². The van der Waals surface area contributed by atoms with Gasteiger partial charge in [0.1, 0.15) is 6.04 Å². The second kappa shape index (κ2) is 8.98. The number of carbonyl (C=O) groups excluding carboxylic acids is 1. The predicted octanol–water partition coefficient (Wildman–Crippen LogP) is 2.19. The smallest absolute Gasteiger partial charge is 0.326 e. The van der Waals surface area contributed by atoms with Crippen molar-refractivity contribution < 1.29 is 23.8 Å². The largest absolute Gasteiger partial charge is 0.480 e. The summed E-state index contributed by atoms with van der Waals surface area (Å²) in [5.74, 6) is -0.366. The summed E-state index contributed by atoms with van der Waals surface area (Å²) >= 11 is 0. The van der Waals surface area contributed by atoms with Gasteiger partial charge in [-0.15, -0.1) is 0 Å². The number of rotatable bonds is 9. The van der Waals surface area contributed by atoms with Crippen molar-refractivity contribution in [3.63, 3.8) is 0 Å². The summed E-state index contributed by atoms with van der Waals surface area (Å²) in [5.41, 5.74) is 2.07. The van der Waals surface area contributed by atoms with E-state index in [9.17, 15) is 9.59 Å². The van der Waals surface area contributed by atoms with Crippen LogP contribution in [-0.2, 0) is 20.7 Å². The van der Waals surface area contributed by atoms with E-state index >= 15 is 0 Å². The van der Waals surface area contributed by atoms with Crippen molar-refractivity contribution in [3.05, 3.63) is 41.9 Å². The second-order valence-corrected chi connectivity index (χ2v) is 5.72. The number of aromatic nitrogens is 1. The van der Waals surface area contributed by atoms with E-state index in [-0.39, 0.29) is 25.4 Å². The van der Waals surface area contributed by atoms with Crippen LogP contribution in [0.15, 0.2) is 34.9 Å². The van der Waals surface area contributed by atoms with Crippen LogP contribution in [0.4, 0.5) is 0 Å². The molecule has 25 heavy (non-hydrogen) atoms. The molecule has 0 bridgehead atoms. The SMILES string of the molecule is COCCC(NC(=O)CCc1ncc(-c2ccc(C)cc2)o1)C(=O)O. The molecule has 1 atom stereocenters. The lowest BCUT2D eigenvalue weighted by Gasteiger charge is -2.13. The lowest BCUT2D eigenvalue weighted by Crippen LogP contribution is -2.41. The van der Waals surface area contributed by atoms with Gasteiger partial charge in [0, 0.05) is 38.5 Å². The highest BCUT2D eigenvalue weighted by molar-refractivity contribution is 5.83. The number of carboxylic acids is 1. The lowest BCUT2D eigenvalue weighted by molar-refractivity contribution is -0.142. The molecule has 1 aromatic carbocycles. The zero-order valence-corrected chi connectivity index (χ0v) is 14.3. The average Bonchev–Trinajstić information content (AvgIpc) is 3.06. The molecule has 2 N–H and O–H groups in total. The summed E-state index contributed by atoms with van der Waals surface area (Å²) in [7, 11) is 1.48. The Morgan fingerprint density at radius 1 is 1.32 bits per heavy atom. The number of aliphatic carboxylic acids is 1. The van der Waals surface area contributed by atoms with Crippen LogP contribution in [0.1, 0.15) is 24.3 Å². The molecule has 1 heterocycles. The van der Waals surface area contributed by atoms with E-state index in [2.05, 4.69) is 10.3 Å². The predicted molar refractivity (Wildman–Crippen MR) is 91.1 cm³/mol. The van der Waals surface area contributed by atoms with Crippen molar-refractivity contribution >= 4 is 11.9 Å². The maximum atomic E-state index is 11.9. The first-order chi connectivity index (χ1) is 12.0. The van der Waals surface area contributed by atoms with Gasteiger partial charge in [0.2, 0.25) is 5.91 Å². The fraction of sp³-hybridized carbons (Fsp3) is 0.389. The van der Waals surface area contributed by atoms with Crippen molar-refractivity contribution in [1.29, 1.82) is 0 Å². The molecule has 2 aromatic rings. The van der Waals surface area contributed by atoms with E-state index in [0.717, 1.165) is 11.1 Å². The number of nitrogens with zero attached hydrogens (tertiary/aromatic N) is 1. The summed E-state index contributed by atoms with van der Waals surface area (Å²) in [6, 6.07) is 6.90. The van der Waals surface area contributed by atoms with Crippen LogP contribution < -0.4 is 5.32 Å². The average molecular weight is 346 g/mol. The van der Waals surface area contributed by atoms with Crippen molar-refractivity contribution in [2.45, 2.75) is 32.2 Å². The van der Waals surface area contributed by atoms with Crippen molar-refractivity contribution in [3.8, 4) is 11.3 Å². The molecule has 0 fully saturated rings. The first kappa shape index (κ1) is 18.7. The van der Waals surface area contributed by atoms with E-state index in [1.165, 1.54) is 7.11 Å². The minimum absolute atomic E-state index is 0.102. The number of amides is 1. The second-order valence-electron chi connectivity index (χ2n) is 5.72. The van der Waals surface area contributed by atoms with Gasteiger partial charge in [0.05, 0.1) is 6.20 Å². The lowest BCUT2D eigenvalue weighted by atomic mass is 10.1. The normalized spacial score (nSPS) is 11.9. The highest BCUT2D eigenvalue weighted by Gasteiger charge is 2.19. The Morgan fingerprint density at radius 3 is 2.68 bits per heavy atom. The summed E-state index contributed by atoms with van der Waals surface area (Å²) in [4.78, 5) is 27.2. The van der Waals surface area contributed by atoms with Crippen molar-refractivity contribution in [2.24, 2.45) is 0 Å². The third kappa shape index (κ3) is 5.72. The Morgan fingerprint density at radius 2 is 2.04 bits per heavy atom. The maximum Gasteiger partial charge on any atom is 0.326 e. The molecule has 0 spiro atoms. The van der Waals surface area contributed by atoms with Crippen LogP contribution in [0.25, 0.3) is 11.3 Å². The van der Waals surface area contributed by atoms with Gasteiger partial charge in [-0.1, -0.05) is 29.8 Å². The van der Waals surface area contributed by atoms with Crippen LogP contribution in [0.5, 0.6) is 0 Å². The van der Waals surface area contributed by atoms with Gasteiger partial charge in [0.15, 0.2) is 11.7 Å². The summed E-state index contributed by atoms with van der Waals surface area (Å²) in [6.07, 6.45) is 2.24. The number of carbonyl (C=O) groups is 2. The molecule has 1 amide bonds. The Kier molecular flexibility index (Phi) is 6.71. The van der Waals surface area contributed by atoms with Crippen LogP contribution in [0.3, 0.4) is 0 Å². The van der Waals surface area contributed by atoms with E-state index in [4.69, 9.17) is 14.3 Å². The summed E-state index contributed by atoms with van der Waals surface area (Å²) < 4.78 is 10.5. The molecular formula is C18H22N2O5. The Labute approximate surface area is 146 Å². The highest BCUT2D eigenvalue weighted by atomic mass is 16.5. The Hall–Kier alpha value is -2.67. The van der Waals surface area contributed by atoms with Gasteiger partial charge in [0.25, 0.3) is 0 Å². The van der Waals surface area contributed by atoms with Gasteiger partial charge in [-0.05, 0) is 6.92 Å². The van der Waals surface area contributed by atoms with Crippen molar-refractivity contribution in [1.82, 2.24) is 10.3 Å². The molecule has 7 nitrogen and oxygen atoms in total. The van der Waals surface area contributed by atoms with Crippen LogP contribution in [0, 0.1) is 6.92 Å². The quantitative estimate of drug-likeness (QED) is 0.722. The standard InChI is InChI=1S/C18H22N2O5/c1-12-3-5-13(6-4-12)15-11-19-17(25-15)8-7-16(21)20-14(18(22)23)9-10-24-2/h3-6,11,14H,7-10H2,1-2H3,(H,20,21)(H,22,23). The molecule has 0 saturated heterocycles. The Balaban J connectivity index is 1.87.